The third kappa shape index (κ3) is 7.41. The zero-order valence-electron chi connectivity index (χ0n) is 17.3. The Labute approximate surface area is 162 Å². The van der Waals surface area contributed by atoms with Crippen LogP contribution in [0.15, 0.2) is 30.3 Å². The molecule has 27 heavy (non-hydrogen) atoms. The topological polar surface area (TPSA) is 78.5 Å². The Morgan fingerprint density at radius 1 is 1.07 bits per heavy atom. The van der Waals surface area contributed by atoms with Gasteiger partial charge in [-0.2, -0.15) is 0 Å². The van der Waals surface area contributed by atoms with E-state index in [1.165, 1.54) is 4.90 Å². The summed E-state index contributed by atoms with van der Waals surface area (Å²) in [4.78, 5) is 39.3. The molecule has 0 radical (unpaired) electrons. The second kappa shape index (κ2) is 10.1. The summed E-state index contributed by atoms with van der Waals surface area (Å²) in [5.74, 6) is -0.787. The molecule has 6 nitrogen and oxygen atoms in total. The predicted octanol–water partition coefficient (Wildman–Crippen LogP) is 2.59. The fraction of sp³-hybridized carbons (Fsp3) is 0.571. The van der Waals surface area contributed by atoms with E-state index in [2.05, 4.69) is 10.6 Å². The smallest absolute Gasteiger partial charge is 0.251 e. The molecule has 0 fully saturated rings. The number of carbonyl (C=O) groups is 3. The maximum Gasteiger partial charge on any atom is 0.251 e. The Hall–Kier alpha value is -2.37. The van der Waals surface area contributed by atoms with Crippen molar-refractivity contribution in [2.75, 3.05) is 13.1 Å². The molecule has 0 unspecified atom stereocenters. The van der Waals surface area contributed by atoms with Crippen molar-refractivity contribution in [3.63, 3.8) is 0 Å². The van der Waals surface area contributed by atoms with Crippen LogP contribution in [0.4, 0.5) is 0 Å². The summed E-state index contributed by atoms with van der Waals surface area (Å²) in [6.07, 6.45) is 0.733. The van der Waals surface area contributed by atoms with E-state index in [0.717, 1.165) is 6.42 Å². The van der Waals surface area contributed by atoms with Gasteiger partial charge in [-0.1, -0.05) is 38.5 Å². The number of nitrogens with one attached hydrogen (secondary N) is 2. The van der Waals surface area contributed by atoms with Crippen molar-refractivity contribution in [2.24, 2.45) is 5.92 Å². The first-order chi connectivity index (χ1) is 12.6. The molecule has 0 spiro atoms. The minimum atomic E-state index is -0.676. The van der Waals surface area contributed by atoms with Crippen molar-refractivity contribution >= 4 is 17.7 Å². The molecule has 150 valence electrons. The standard InChI is InChI=1S/C21H33N3O3/c1-7-15(3)18(22-19(26)16-12-10-9-11-13-16)20(27)24(8-2)14-17(25)23-21(4,5)6/h9-13,15,18H,7-8,14H2,1-6H3,(H,22,26)(H,23,25)/t15-,18-/m0/s1. The van der Waals surface area contributed by atoms with Gasteiger partial charge in [0, 0.05) is 17.6 Å². The molecule has 6 heteroatoms. The van der Waals surface area contributed by atoms with Gasteiger partial charge in [0.05, 0.1) is 6.54 Å². The monoisotopic (exact) mass is 375 g/mol. The minimum absolute atomic E-state index is 0.0270. The average molecular weight is 376 g/mol. The van der Waals surface area contributed by atoms with E-state index in [-0.39, 0.29) is 35.7 Å². The van der Waals surface area contributed by atoms with Crippen molar-refractivity contribution in [2.45, 2.75) is 59.5 Å². The van der Waals surface area contributed by atoms with E-state index < -0.39 is 6.04 Å². The van der Waals surface area contributed by atoms with Crippen LogP contribution < -0.4 is 10.6 Å². The van der Waals surface area contributed by atoms with Crippen LogP contribution in [0.1, 0.15) is 58.3 Å². The lowest BCUT2D eigenvalue weighted by atomic mass is 9.97. The molecule has 0 aromatic heterocycles. The highest BCUT2D eigenvalue weighted by Gasteiger charge is 2.31. The normalized spacial score (nSPS) is 13.4. The highest BCUT2D eigenvalue weighted by atomic mass is 16.2. The summed E-state index contributed by atoms with van der Waals surface area (Å²) in [7, 11) is 0. The van der Waals surface area contributed by atoms with E-state index in [9.17, 15) is 14.4 Å². The maximum atomic E-state index is 13.1. The third-order valence-corrected chi connectivity index (χ3v) is 4.34. The van der Waals surface area contributed by atoms with Crippen LogP contribution in [0, 0.1) is 5.92 Å². The number of carbonyl (C=O) groups excluding carboxylic acids is 3. The van der Waals surface area contributed by atoms with E-state index in [0.29, 0.717) is 12.1 Å². The van der Waals surface area contributed by atoms with Gasteiger partial charge in [-0.05, 0) is 45.7 Å². The second-order valence-corrected chi connectivity index (χ2v) is 7.85. The van der Waals surface area contributed by atoms with Crippen molar-refractivity contribution < 1.29 is 14.4 Å². The molecule has 2 N–H and O–H groups in total. The Kier molecular flexibility index (Phi) is 8.47. The van der Waals surface area contributed by atoms with Gasteiger partial charge in [0.15, 0.2) is 0 Å². The fourth-order valence-corrected chi connectivity index (χ4v) is 2.67. The molecule has 0 saturated carbocycles. The van der Waals surface area contributed by atoms with E-state index in [4.69, 9.17) is 0 Å². The quantitative estimate of drug-likeness (QED) is 0.733. The van der Waals surface area contributed by atoms with E-state index in [1.54, 1.807) is 24.3 Å². The van der Waals surface area contributed by atoms with Gasteiger partial charge in [-0.25, -0.2) is 0 Å². The zero-order valence-corrected chi connectivity index (χ0v) is 17.3. The average Bonchev–Trinajstić information content (AvgIpc) is 2.62. The molecule has 3 amide bonds. The summed E-state index contributed by atoms with van der Waals surface area (Å²) in [5, 5.41) is 5.73. The van der Waals surface area contributed by atoms with Gasteiger partial charge < -0.3 is 15.5 Å². The van der Waals surface area contributed by atoms with Gasteiger partial charge in [0.25, 0.3) is 5.91 Å². The van der Waals surface area contributed by atoms with E-state index in [1.807, 2.05) is 47.6 Å². The molecule has 0 aliphatic heterocycles. The zero-order chi connectivity index (χ0) is 20.6. The number of likely N-dealkylation sites (N-methyl/N-ethyl adjacent to an activating group) is 1. The van der Waals surface area contributed by atoms with Crippen molar-refractivity contribution in [1.82, 2.24) is 15.5 Å². The van der Waals surface area contributed by atoms with Crippen LogP contribution in [-0.4, -0.2) is 47.3 Å². The molecule has 0 aliphatic carbocycles. The van der Waals surface area contributed by atoms with Crippen molar-refractivity contribution in [1.29, 1.82) is 0 Å². The van der Waals surface area contributed by atoms with Gasteiger partial charge in [0.2, 0.25) is 11.8 Å². The number of amides is 3. The summed E-state index contributed by atoms with van der Waals surface area (Å²) in [5.41, 5.74) is 0.143. The fourth-order valence-electron chi connectivity index (χ4n) is 2.67. The Morgan fingerprint density at radius 2 is 1.67 bits per heavy atom. The number of benzene rings is 1. The lowest BCUT2D eigenvalue weighted by Gasteiger charge is -2.30. The number of rotatable bonds is 8. The molecule has 0 saturated heterocycles. The first kappa shape index (κ1) is 22.7. The SMILES string of the molecule is CC[C@H](C)[C@H](NC(=O)c1ccccc1)C(=O)N(CC)CC(=O)NC(C)(C)C. The molecular weight excluding hydrogens is 342 g/mol. The molecular formula is C21H33N3O3. The Bertz CT molecular complexity index is 638. The third-order valence-electron chi connectivity index (χ3n) is 4.34. The van der Waals surface area contributed by atoms with Gasteiger partial charge >= 0.3 is 0 Å². The van der Waals surface area contributed by atoms with E-state index >= 15 is 0 Å². The lowest BCUT2D eigenvalue weighted by molar-refractivity contribution is -0.138. The Morgan fingerprint density at radius 3 is 2.15 bits per heavy atom. The van der Waals surface area contributed by atoms with Gasteiger partial charge in [-0.15, -0.1) is 0 Å². The molecule has 0 bridgehead atoms. The number of hydrogen-bond donors (Lipinski definition) is 2. The van der Waals surface area contributed by atoms with Crippen LogP contribution in [0.2, 0.25) is 0 Å². The molecule has 1 aromatic rings. The molecule has 1 aromatic carbocycles. The number of hydrogen-bond acceptors (Lipinski definition) is 3. The Balaban J connectivity index is 2.92. The van der Waals surface area contributed by atoms with Gasteiger partial charge in [-0.3, -0.25) is 14.4 Å². The summed E-state index contributed by atoms with van der Waals surface area (Å²) in [6, 6.07) is 8.14. The van der Waals surface area contributed by atoms with Crippen LogP contribution in [0.5, 0.6) is 0 Å². The predicted molar refractivity (Wildman–Crippen MR) is 107 cm³/mol. The molecule has 0 aliphatic rings. The first-order valence-corrected chi connectivity index (χ1v) is 9.54. The van der Waals surface area contributed by atoms with Crippen LogP contribution in [-0.2, 0) is 9.59 Å². The maximum absolute atomic E-state index is 13.1. The van der Waals surface area contributed by atoms with Crippen molar-refractivity contribution in [3.8, 4) is 0 Å². The summed E-state index contributed by atoms with van der Waals surface area (Å²) < 4.78 is 0. The summed E-state index contributed by atoms with van der Waals surface area (Å²) >= 11 is 0. The van der Waals surface area contributed by atoms with Crippen LogP contribution >= 0.6 is 0 Å². The minimum Gasteiger partial charge on any atom is -0.350 e. The number of nitrogens with zero attached hydrogens (tertiary/aromatic N) is 1. The first-order valence-electron chi connectivity index (χ1n) is 9.54. The lowest BCUT2D eigenvalue weighted by Crippen LogP contribution is -2.54. The second-order valence-electron chi connectivity index (χ2n) is 7.85. The highest BCUT2D eigenvalue weighted by molar-refractivity contribution is 5.98. The highest BCUT2D eigenvalue weighted by Crippen LogP contribution is 2.13. The van der Waals surface area contributed by atoms with Crippen LogP contribution in [0.3, 0.4) is 0 Å². The van der Waals surface area contributed by atoms with Crippen LogP contribution in [0.25, 0.3) is 0 Å². The van der Waals surface area contributed by atoms with Gasteiger partial charge in [0.1, 0.15) is 6.04 Å². The molecule has 1 rings (SSSR count). The molecule has 2 atom stereocenters. The molecule has 0 heterocycles. The van der Waals surface area contributed by atoms with Crippen molar-refractivity contribution in [3.05, 3.63) is 35.9 Å². The summed E-state index contributed by atoms with van der Waals surface area (Å²) in [6.45, 7) is 11.8. The largest absolute Gasteiger partial charge is 0.350 e.